The van der Waals surface area contributed by atoms with Gasteiger partial charge in [-0.15, -0.1) is 0 Å². The molecule has 0 aliphatic rings. The van der Waals surface area contributed by atoms with E-state index in [1.54, 1.807) is 68.6 Å². The smallest absolute Gasteiger partial charge is 0.264 e. The van der Waals surface area contributed by atoms with Crippen LogP contribution in [0.1, 0.15) is 38.3 Å². The number of rotatable bonds is 12. The molecule has 0 fully saturated rings. The zero-order valence-corrected chi connectivity index (χ0v) is 25.0. The van der Waals surface area contributed by atoms with Gasteiger partial charge in [-0.25, -0.2) is 8.42 Å². The standard InChI is InChI=1S/C30H36ClN3O5S/c1-6-27(30(36)32-21(2)3)33(19-23-11-10-12-25(18-23)39-5)29(35)20-34(28-16-15-24(31)17-22(28)4)40(37,38)26-13-8-7-9-14-26/h7-18,21,27H,6,19-20H2,1-5H3,(H,32,36)/t27-/m0/s1. The maximum absolute atomic E-state index is 14.1. The number of nitrogens with zero attached hydrogens (tertiary/aromatic N) is 2. The van der Waals surface area contributed by atoms with E-state index in [1.807, 2.05) is 26.8 Å². The highest BCUT2D eigenvalue weighted by Gasteiger charge is 2.34. The summed E-state index contributed by atoms with van der Waals surface area (Å²) in [6, 6.07) is 19.0. The van der Waals surface area contributed by atoms with E-state index >= 15 is 0 Å². The Morgan fingerprint density at radius 2 is 1.70 bits per heavy atom. The number of aryl methyl sites for hydroxylation is 1. The zero-order valence-electron chi connectivity index (χ0n) is 23.4. The summed E-state index contributed by atoms with van der Waals surface area (Å²) in [5.41, 5.74) is 1.65. The van der Waals surface area contributed by atoms with E-state index in [9.17, 15) is 18.0 Å². The average Bonchev–Trinajstić information content (AvgIpc) is 2.92. The first kappa shape index (κ1) is 31.0. The molecule has 0 aliphatic carbocycles. The number of amides is 2. The molecular formula is C30H36ClN3O5S. The highest BCUT2D eigenvalue weighted by molar-refractivity contribution is 7.92. The molecule has 1 N–H and O–H groups in total. The Hall–Kier alpha value is -3.56. The molecule has 10 heteroatoms. The lowest BCUT2D eigenvalue weighted by molar-refractivity contribution is -0.140. The first-order chi connectivity index (χ1) is 19.0. The second kappa shape index (κ2) is 13.7. The number of anilines is 1. The number of hydrogen-bond donors (Lipinski definition) is 1. The largest absolute Gasteiger partial charge is 0.497 e. The average molecular weight is 586 g/mol. The van der Waals surface area contributed by atoms with Crippen LogP contribution in [0.3, 0.4) is 0 Å². The van der Waals surface area contributed by atoms with Crippen molar-refractivity contribution in [3.63, 3.8) is 0 Å². The Kier molecular flexibility index (Phi) is 10.6. The van der Waals surface area contributed by atoms with Crippen LogP contribution < -0.4 is 14.4 Å². The van der Waals surface area contributed by atoms with Crippen LogP contribution in [0.2, 0.25) is 5.02 Å². The Morgan fingerprint density at radius 1 is 1.00 bits per heavy atom. The fraction of sp³-hybridized carbons (Fsp3) is 0.333. The highest BCUT2D eigenvalue weighted by atomic mass is 35.5. The summed E-state index contributed by atoms with van der Waals surface area (Å²) >= 11 is 6.16. The SMILES string of the molecule is CC[C@@H](C(=O)NC(C)C)N(Cc1cccc(OC)c1)C(=O)CN(c1ccc(Cl)cc1C)S(=O)(=O)c1ccccc1. The van der Waals surface area contributed by atoms with E-state index in [1.165, 1.54) is 17.0 Å². The fourth-order valence-electron chi connectivity index (χ4n) is 4.40. The maximum Gasteiger partial charge on any atom is 0.264 e. The van der Waals surface area contributed by atoms with Crippen molar-refractivity contribution in [3.05, 3.63) is 88.9 Å². The summed E-state index contributed by atoms with van der Waals surface area (Å²) < 4.78 is 34.3. The molecular weight excluding hydrogens is 550 g/mol. The van der Waals surface area contributed by atoms with Crippen molar-refractivity contribution in [2.45, 2.75) is 57.6 Å². The third kappa shape index (κ3) is 7.55. The summed E-state index contributed by atoms with van der Waals surface area (Å²) in [5.74, 6) is -0.231. The lowest BCUT2D eigenvalue weighted by Gasteiger charge is -2.34. The molecule has 0 spiro atoms. The molecule has 0 saturated carbocycles. The van der Waals surface area contributed by atoms with Crippen LogP contribution in [-0.2, 0) is 26.2 Å². The van der Waals surface area contributed by atoms with Gasteiger partial charge in [-0.3, -0.25) is 13.9 Å². The van der Waals surface area contributed by atoms with Gasteiger partial charge in [0.1, 0.15) is 18.3 Å². The number of methoxy groups -OCH3 is 1. The predicted octanol–water partition coefficient (Wildman–Crippen LogP) is 5.18. The Morgan fingerprint density at radius 3 is 2.30 bits per heavy atom. The van der Waals surface area contributed by atoms with Crippen molar-refractivity contribution in [2.24, 2.45) is 0 Å². The Bertz CT molecular complexity index is 1430. The second-order valence-corrected chi connectivity index (χ2v) is 12.0. The maximum atomic E-state index is 14.1. The van der Waals surface area contributed by atoms with Crippen LogP contribution in [0.25, 0.3) is 0 Å². The molecule has 0 heterocycles. The summed E-state index contributed by atoms with van der Waals surface area (Å²) in [6.45, 7) is 6.80. The number of carbonyl (C=O) groups is 2. The van der Waals surface area contributed by atoms with Gasteiger partial charge in [-0.05, 0) is 80.8 Å². The van der Waals surface area contributed by atoms with Gasteiger partial charge < -0.3 is 15.0 Å². The zero-order chi connectivity index (χ0) is 29.4. The molecule has 0 bridgehead atoms. The molecule has 0 saturated heterocycles. The van der Waals surface area contributed by atoms with E-state index in [0.717, 1.165) is 9.87 Å². The van der Waals surface area contributed by atoms with E-state index < -0.39 is 28.5 Å². The Balaban J connectivity index is 2.09. The topological polar surface area (TPSA) is 96.0 Å². The summed E-state index contributed by atoms with van der Waals surface area (Å²) in [5, 5.41) is 3.33. The minimum absolute atomic E-state index is 0.0427. The number of halogens is 1. The summed E-state index contributed by atoms with van der Waals surface area (Å²) in [7, 11) is -2.60. The van der Waals surface area contributed by atoms with E-state index in [4.69, 9.17) is 16.3 Å². The third-order valence-electron chi connectivity index (χ3n) is 6.34. The molecule has 8 nitrogen and oxygen atoms in total. The minimum atomic E-state index is -4.15. The number of benzene rings is 3. The molecule has 0 aromatic heterocycles. The van der Waals surface area contributed by atoms with Gasteiger partial charge in [-0.1, -0.05) is 48.9 Å². The van der Waals surface area contributed by atoms with Gasteiger partial charge in [0, 0.05) is 17.6 Å². The number of ether oxygens (including phenoxy) is 1. The number of sulfonamides is 1. The van der Waals surface area contributed by atoms with Gasteiger partial charge in [0.25, 0.3) is 10.0 Å². The molecule has 0 aliphatic heterocycles. The van der Waals surface area contributed by atoms with E-state index in [-0.39, 0.29) is 23.4 Å². The molecule has 3 rings (SSSR count). The van der Waals surface area contributed by atoms with Gasteiger partial charge >= 0.3 is 0 Å². The van der Waals surface area contributed by atoms with Crippen LogP contribution in [0.5, 0.6) is 5.75 Å². The van der Waals surface area contributed by atoms with Gasteiger partial charge in [0.2, 0.25) is 11.8 Å². The molecule has 3 aromatic rings. The van der Waals surface area contributed by atoms with Crippen LogP contribution >= 0.6 is 11.6 Å². The first-order valence-electron chi connectivity index (χ1n) is 13.0. The minimum Gasteiger partial charge on any atom is -0.497 e. The van der Waals surface area contributed by atoms with Crippen molar-refractivity contribution >= 4 is 39.1 Å². The van der Waals surface area contributed by atoms with Crippen LogP contribution in [-0.4, -0.2) is 50.9 Å². The number of hydrogen-bond acceptors (Lipinski definition) is 5. The second-order valence-electron chi connectivity index (χ2n) is 9.72. The van der Waals surface area contributed by atoms with Gasteiger partial charge in [-0.2, -0.15) is 0 Å². The molecule has 1 atom stereocenters. The highest BCUT2D eigenvalue weighted by Crippen LogP contribution is 2.29. The summed E-state index contributed by atoms with van der Waals surface area (Å²) in [4.78, 5) is 28.8. The molecule has 0 radical (unpaired) electrons. The van der Waals surface area contributed by atoms with Gasteiger partial charge in [0.15, 0.2) is 0 Å². The quantitative estimate of drug-likeness (QED) is 0.316. The van der Waals surface area contributed by atoms with Gasteiger partial charge in [0.05, 0.1) is 17.7 Å². The molecule has 214 valence electrons. The molecule has 0 unspecified atom stereocenters. The van der Waals surface area contributed by atoms with Crippen LogP contribution in [0, 0.1) is 6.92 Å². The molecule has 2 amide bonds. The van der Waals surface area contributed by atoms with E-state index in [0.29, 0.717) is 28.4 Å². The van der Waals surface area contributed by atoms with Crippen molar-refractivity contribution in [1.29, 1.82) is 0 Å². The number of nitrogens with one attached hydrogen (secondary N) is 1. The lowest BCUT2D eigenvalue weighted by atomic mass is 10.1. The first-order valence-corrected chi connectivity index (χ1v) is 14.9. The Labute approximate surface area is 241 Å². The molecule has 3 aromatic carbocycles. The monoisotopic (exact) mass is 585 g/mol. The fourth-order valence-corrected chi connectivity index (χ4v) is 6.13. The third-order valence-corrected chi connectivity index (χ3v) is 8.35. The van der Waals surface area contributed by atoms with Crippen LogP contribution in [0.4, 0.5) is 5.69 Å². The van der Waals surface area contributed by atoms with Crippen molar-refractivity contribution in [1.82, 2.24) is 10.2 Å². The lowest BCUT2D eigenvalue weighted by Crippen LogP contribution is -2.53. The van der Waals surface area contributed by atoms with Crippen molar-refractivity contribution in [3.8, 4) is 5.75 Å². The predicted molar refractivity (Wildman–Crippen MR) is 158 cm³/mol. The number of carbonyl (C=O) groups excluding carboxylic acids is 2. The normalized spacial score (nSPS) is 12.1. The molecule has 40 heavy (non-hydrogen) atoms. The van der Waals surface area contributed by atoms with Crippen LogP contribution in [0.15, 0.2) is 77.7 Å². The van der Waals surface area contributed by atoms with Crippen molar-refractivity contribution < 1.29 is 22.7 Å². The summed E-state index contributed by atoms with van der Waals surface area (Å²) in [6.07, 6.45) is 0.333. The van der Waals surface area contributed by atoms with Crippen molar-refractivity contribution in [2.75, 3.05) is 18.0 Å². The van der Waals surface area contributed by atoms with E-state index in [2.05, 4.69) is 5.32 Å².